The SMILES string of the molecule is Cc1ccc(C(=O)N2CCN(Cc3ccc(-c4noc(-c5cccs5)n4)cc3)CC2)c(Cl)n1. The Hall–Kier alpha value is -3.07. The van der Waals surface area contributed by atoms with E-state index < -0.39 is 0 Å². The minimum atomic E-state index is -0.0569. The van der Waals surface area contributed by atoms with Gasteiger partial charge in [-0.3, -0.25) is 9.69 Å². The third-order valence-corrected chi connectivity index (χ3v) is 6.80. The fourth-order valence-corrected chi connectivity index (χ4v) is 4.74. The third kappa shape index (κ3) is 4.83. The van der Waals surface area contributed by atoms with Gasteiger partial charge in [-0.15, -0.1) is 11.3 Å². The second-order valence-corrected chi connectivity index (χ2v) is 9.26. The Labute approximate surface area is 200 Å². The zero-order chi connectivity index (χ0) is 22.8. The minimum absolute atomic E-state index is 0.0569. The molecule has 1 fully saturated rings. The van der Waals surface area contributed by atoms with Crippen LogP contribution in [0.2, 0.25) is 5.15 Å². The molecule has 1 aromatic carbocycles. The van der Waals surface area contributed by atoms with Crippen LogP contribution in [0.25, 0.3) is 22.2 Å². The predicted octanol–water partition coefficient (Wildman–Crippen LogP) is 4.78. The Bertz CT molecular complexity index is 1250. The monoisotopic (exact) mass is 479 g/mol. The van der Waals surface area contributed by atoms with Crippen LogP contribution in [0.4, 0.5) is 0 Å². The summed E-state index contributed by atoms with van der Waals surface area (Å²) in [5, 5.41) is 6.36. The molecule has 0 N–H and O–H groups in total. The Balaban J connectivity index is 1.17. The highest BCUT2D eigenvalue weighted by Crippen LogP contribution is 2.26. The molecule has 33 heavy (non-hydrogen) atoms. The van der Waals surface area contributed by atoms with Crippen LogP contribution in [0.5, 0.6) is 0 Å². The molecule has 1 aliphatic rings. The molecule has 4 heterocycles. The molecule has 0 unspecified atom stereocenters. The zero-order valence-electron chi connectivity index (χ0n) is 18.1. The summed E-state index contributed by atoms with van der Waals surface area (Å²) in [6, 6.07) is 15.7. The molecule has 3 aromatic heterocycles. The summed E-state index contributed by atoms with van der Waals surface area (Å²) in [4.78, 5) is 26.7. The number of rotatable bonds is 5. The summed E-state index contributed by atoms with van der Waals surface area (Å²) >= 11 is 7.75. The van der Waals surface area contributed by atoms with Crippen LogP contribution in [-0.4, -0.2) is 57.0 Å². The van der Waals surface area contributed by atoms with Gasteiger partial charge in [0.15, 0.2) is 0 Å². The number of pyridine rings is 1. The Morgan fingerprint density at radius 1 is 1.06 bits per heavy atom. The van der Waals surface area contributed by atoms with E-state index in [0.717, 1.165) is 35.8 Å². The molecule has 1 saturated heterocycles. The van der Waals surface area contributed by atoms with Crippen molar-refractivity contribution in [1.82, 2.24) is 24.9 Å². The average molecular weight is 480 g/mol. The van der Waals surface area contributed by atoms with Gasteiger partial charge in [-0.1, -0.05) is 47.1 Å². The predicted molar refractivity (Wildman–Crippen MR) is 128 cm³/mol. The lowest BCUT2D eigenvalue weighted by Gasteiger charge is -2.34. The molecule has 0 saturated carbocycles. The number of piperazine rings is 1. The number of halogens is 1. The molecule has 7 nitrogen and oxygen atoms in total. The number of hydrogen-bond acceptors (Lipinski definition) is 7. The van der Waals surface area contributed by atoms with E-state index in [2.05, 4.69) is 32.2 Å². The van der Waals surface area contributed by atoms with Crippen LogP contribution in [0.1, 0.15) is 21.6 Å². The molecular formula is C24H22ClN5O2S. The zero-order valence-corrected chi connectivity index (χ0v) is 19.6. The van der Waals surface area contributed by atoms with Crippen molar-refractivity contribution in [2.75, 3.05) is 26.2 Å². The quantitative estimate of drug-likeness (QED) is 0.383. The molecule has 9 heteroatoms. The van der Waals surface area contributed by atoms with Gasteiger partial charge in [-0.2, -0.15) is 4.98 Å². The number of carbonyl (C=O) groups is 1. The lowest BCUT2D eigenvalue weighted by atomic mass is 10.1. The molecule has 168 valence electrons. The van der Waals surface area contributed by atoms with E-state index >= 15 is 0 Å². The van der Waals surface area contributed by atoms with Gasteiger partial charge in [-0.25, -0.2) is 4.98 Å². The van der Waals surface area contributed by atoms with E-state index in [0.29, 0.717) is 30.4 Å². The minimum Gasteiger partial charge on any atom is -0.336 e. The van der Waals surface area contributed by atoms with Crippen LogP contribution < -0.4 is 0 Å². The van der Waals surface area contributed by atoms with Crippen molar-refractivity contribution in [3.63, 3.8) is 0 Å². The van der Waals surface area contributed by atoms with Crippen LogP contribution in [0.15, 0.2) is 58.4 Å². The summed E-state index contributed by atoms with van der Waals surface area (Å²) in [6.45, 7) is 5.61. The van der Waals surface area contributed by atoms with Crippen molar-refractivity contribution in [2.24, 2.45) is 0 Å². The second kappa shape index (κ2) is 9.43. The first kappa shape index (κ1) is 21.8. The van der Waals surface area contributed by atoms with Crippen molar-refractivity contribution in [1.29, 1.82) is 0 Å². The van der Waals surface area contributed by atoms with Gasteiger partial charge < -0.3 is 9.42 Å². The summed E-state index contributed by atoms with van der Waals surface area (Å²) in [5.74, 6) is 1.07. The topological polar surface area (TPSA) is 75.4 Å². The Morgan fingerprint density at radius 2 is 1.85 bits per heavy atom. The van der Waals surface area contributed by atoms with Gasteiger partial charge in [0, 0.05) is 44.0 Å². The summed E-state index contributed by atoms with van der Waals surface area (Å²) < 4.78 is 5.39. The molecule has 0 aliphatic carbocycles. The van der Waals surface area contributed by atoms with Crippen LogP contribution in [0, 0.1) is 6.92 Å². The van der Waals surface area contributed by atoms with Gasteiger partial charge in [0.1, 0.15) is 5.15 Å². The molecule has 4 aromatic rings. The van der Waals surface area contributed by atoms with Gasteiger partial charge in [0.2, 0.25) is 5.82 Å². The fourth-order valence-electron chi connectivity index (χ4n) is 3.82. The molecule has 0 bridgehead atoms. The summed E-state index contributed by atoms with van der Waals surface area (Å²) in [6.07, 6.45) is 0. The number of aryl methyl sites for hydroxylation is 1. The molecule has 0 atom stereocenters. The van der Waals surface area contributed by atoms with Crippen LogP contribution in [0.3, 0.4) is 0 Å². The molecule has 1 aliphatic heterocycles. The van der Waals surface area contributed by atoms with Crippen molar-refractivity contribution in [3.05, 3.63) is 75.9 Å². The standard InChI is InChI=1S/C24H22ClN5O2S/c1-16-4-9-19(21(25)26-16)24(31)30-12-10-29(11-13-30)15-17-5-7-18(8-6-17)22-27-23(32-28-22)20-3-2-14-33-20/h2-9,14H,10-13,15H2,1H3. The van der Waals surface area contributed by atoms with Crippen molar-refractivity contribution in [3.8, 4) is 22.2 Å². The number of amides is 1. The first-order valence-corrected chi connectivity index (χ1v) is 11.9. The molecule has 1 amide bonds. The molecular weight excluding hydrogens is 458 g/mol. The third-order valence-electron chi connectivity index (χ3n) is 5.65. The van der Waals surface area contributed by atoms with Crippen molar-refractivity contribution in [2.45, 2.75) is 13.5 Å². The van der Waals surface area contributed by atoms with Crippen LogP contribution >= 0.6 is 22.9 Å². The molecule has 0 spiro atoms. The number of hydrogen-bond donors (Lipinski definition) is 0. The fraction of sp³-hybridized carbons (Fsp3) is 0.250. The first-order chi connectivity index (χ1) is 16.1. The lowest BCUT2D eigenvalue weighted by molar-refractivity contribution is 0.0628. The van der Waals surface area contributed by atoms with E-state index in [1.165, 1.54) is 5.56 Å². The van der Waals surface area contributed by atoms with E-state index in [-0.39, 0.29) is 11.1 Å². The molecule has 0 radical (unpaired) electrons. The second-order valence-electron chi connectivity index (χ2n) is 7.96. The maximum Gasteiger partial charge on any atom is 0.268 e. The van der Waals surface area contributed by atoms with Gasteiger partial charge >= 0.3 is 0 Å². The molecule has 5 rings (SSSR count). The Morgan fingerprint density at radius 3 is 2.55 bits per heavy atom. The number of thiophene rings is 1. The number of benzene rings is 1. The van der Waals surface area contributed by atoms with Gasteiger partial charge in [0.25, 0.3) is 11.8 Å². The normalized spacial score (nSPS) is 14.5. The summed E-state index contributed by atoms with van der Waals surface area (Å²) in [5.41, 5.74) is 3.39. The Kier molecular flexibility index (Phi) is 6.22. The van der Waals surface area contributed by atoms with Gasteiger partial charge in [-0.05, 0) is 36.1 Å². The van der Waals surface area contributed by atoms with Crippen molar-refractivity contribution < 1.29 is 9.32 Å². The first-order valence-electron chi connectivity index (χ1n) is 10.7. The highest BCUT2D eigenvalue weighted by Gasteiger charge is 2.24. The van der Waals surface area contributed by atoms with E-state index in [9.17, 15) is 4.79 Å². The number of nitrogens with zero attached hydrogens (tertiary/aromatic N) is 5. The highest BCUT2D eigenvalue weighted by atomic mass is 35.5. The maximum atomic E-state index is 12.8. The van der Waals surface area contributed by atoms with E-state index in [4.69, 9.17) is 16.1 Å². The smallest absolute Gasteiger partial charge is 0.268 e. The largest absolute Gasteiger partial charge is 0.336 e. The van der Waals surface area contributed by atoms with Crippen LogP contribution in [-0.2, 0) is 6.54 Å². The summed E-state index contributed by atoms with van der Waals surface area (Å²) in [7, 11) is 0. The number of carbonyl (C=O) groups excluding carboxylic acids is 1. The highest BCUT2D eigenvalue weighted by molar-refractivity contribution is 7.13. The van der Waals surface area contributed by atoms with E-state index in [1.54, 1.807) is 17.4 Å². The average Bonchev–Trinajstić information content (AvgIpc) is 3.52. The number of aromatic nitrogens is 3. The van der Waals surface area contributed by atoms with E-state index in [1.807, 2.05) is 47.5 Å². The maximum absolute atomic E-state index is 12.8. The lowest BCUT2D eigenvalue weighted by Crippen LogP contribution is -2.48. The van der Waals surface area contributed by atoms with Gasteiger partial charge in [0.05, 0.1) is 10.4 Å². The van der Waals surface area contributed by atoms with Crippen molar-refractivity contribution >= 4 is 28.8 Å².